The van der Waals surface area contributed by atoms with E-state index in [9.17, 15) is 13.2 Å². The van der Waals surface area contributed by atoms with E-state index in [4.69, 9.17) is 0 Å². The van der Waals surface area contributed by atoms with Gasteiger partial charge in [-0.3, -0.25) is 4.79 Å². The zero-order chi connectivity index (χ0) is 16.4. The Labute approximate surface area is 134 Å². The topological polar surface area (TPSA) is 66.5 Å². The van der Waals surface area contributed by atoms with Gasteiger partial charge in [-0.2, -0.15) is 0 Å². The van der Waals surface area contributed by atoms with Crippen molar-refractivity contribution in [2.24, 2.45) is 5.92 Å². The number of alkyl halides is 1. The van der Waals surface area contributed by atoms with Gasteiger partial charge in [0, 0.05) is 19.8 Å². The predicted molar refractivity (Wildman–Crippen MR) is 88.2 cm³/mol. The minimum Gasteiger partial charge on any atom is -0.325 e. The summed E-state index contributed by atoms with van der Waals surface area (Å²) in [6.07, 6.45) is 0. The van der Waals surface area contributed by atoms with Gasteiger partial charge in [0.2, 0.25) is 15.9 Å². The summed E-state index contributed by atoms with van der Waals surface area (Å²) in [5.74, 6) is -0.0533. The molecule has 1 amide bonds. The van der Waals surface area contributed by atoms with Gasteiger partial charge in [-0.25, -0.2) is 12.7 Å². The van der Waals surface area contributed by atoms with Crippen molar-refractivity contribution in [1.82, 2.24) is 4.31 Å². The number of carbonyl (C=O) groups is 1. The summed E-state index contributed by atoms with van der Waals surface area (Å²) >= 11 is 3.32. The lowest BCUT2D eigenvalue weighted by atomic mass is 10.1. The van der Waals surface area contributed by atoms with Crippen LogP contribution >= 0.6 is 15.9 Å². The fraction of sp³-hybridized carbons (Fsp3) is 0.500. The number of hydrogen-bond donors (Lipinski definition) is 1. The molecule has 5 nitrogen and oxygen atoms in total. The fourth-order valence-corrected chi connectivity index (χ4v) is 2.93. The first-order valence-electron chi connectivity index (χ1n) is 6.55. The second kappa shape index (κ2) is 6.89. The molecule has 1 aromatic rings. The lowest BCUT2D eigenvalue weighted by molar-refractivity contribution is -0.116. The van der Waals surface area contributed by atoms with Crippen LogP contribution in [0.4, 0.5) is 5.69 Å². The summed E-state index contributed by atoms with van der Waals surface area (Å²) in [5.41, 5.74) is 1.11. The summed E-state index contributed by atoms with van der Waals surface area (Å²) in [6, 6.07) is 4.87. The van der Waals surface area contributed by atoms with Crippen LogP contribution in [0.15, 0.2) is 23.1 Å². The van der Waals surface area contributed by atoms with Crippen molar-refractivity contribution < 1.29 is 13.2 Å². The average molecular weight is 377 g/mol. The van der Waals surface area contributed by atoms with Gasteiger partial charge >= 0.3 is 0 Å². The standard InChI is InChI=1S/C14H21BrN2O3S/c1-9(2)13(15)14(18)16-11-7-6-10(3)12(8-11)21(19,20)17(4)5/h6-9,13H,1-5H3,(H,16,18). The van der Waals surface area contributed by atoms with Gasteiger partial charge in [0.25, 0.3) is 0 Å². The highest BCUT2D eigenvalue weighted by atomic mass is 79.9. The predicted octanol–water partition coefficient (Wildman–Crippen LogP) is 2.60. The molecule has 0 radical (unpaired) electrons. The van der Waals surface area contributed by atoms with E-state index < -0.39 is 10.0 Å². The number of benzene rings is 1. The highest BCUT2D eigenvalue weighted by Gasteiger charge is 2.22. The van der Waals surface area contributed by atoms with Gasteiger partial charge < -0.3 is 5.32 Å². The van der Waals surface area contributed by atoms with Crippen LogP contribution in [0.1, 0.15) is 19.4 Å². The first-order chi connectivity index (χ1) is 9.57. The highest BCUT2D eigenvalue weighted by Crippen LogP contribution is 2.23. The monoisotopic (exact) mass is 376 g/mol. The molecule has 7 heteroatoms. The SMILES string of the molecule is Cc1ccc(NC(=O)C(Br)C(C)C)cc1S(=O)(=O)N(C)C. The first-order valence-corrected chi connectivity index (χ1v) is 8.91. The third-order valence-electron chi connectivity index (χ3n) is 3.05. The molecule has 0 spiro atoms. The van der Waals surface area contributed by atoms with Gasteiger partial charge in [0.05, 0.1) is 9.72 Å². The minimum absolute atomic E-state index is 0.139. The number of nitrogens with zero attached hydrogens (tertiary/aromatic N) is 1. The number of carbonyl (C=O) groups excluding carboxylic acids is 1. The van der Waals surface area contributed by atoms with E-state index in [1.165, 1.54) is 20.2 Å². The van der Waals surface area contributed by atoms with Crippen molar-refractivity contribution in [3.8, 4) is 0 Å². The molecule has 1 N–H and O–H groups in total. The van der Waals surface area contributed by atoms with Gasteiger partial charge in [0.1, 0.15) is 0 Å². The summed E-state index contributed by atoms with van der Waals surface area (Å²) in [5, 5.41) is 2.73. The Kier molecular flexibility index (Phi) is 5.95. The van der Waals surface area contributed by atoms with E-state index in [-0.39, 0.29) is 21.5 Å². The number of anilines is 1. The third-order valence-corrected chi connectivity index (χ3v) is 6.48. The maximum atomic E-state index is 12.2. The van der Waals surface area contributed by atoms with Crippen LogP contribution < -0.4 is 5.32 Å². The molecule has 0 bridgehead atoms. The van der Waals surface area contributed by atoms with Crippen LogP contribution in [0.5, 0.6) is 0 Å². The quantitative estimate of drug-likeness (QED) is 0.803. The lowest BCUT2D eigenvalue weighted by Gasteiger charge is -2.17. The Morgan fingerprint density at radius 1 is 1.29 bits per heavy atom. The second-order valence-electron chi connectivity index (χ2n) is 5.40. The molecule has 1 rings (SSSR count). The second-order valence-corrected chi connectivity index (χ2v) is 8.51. The van der Waals surface area contributed by atoms with Gasteiger partial charge in [0.15, 0.2) is 0 Å². The van der Waals surface area contributed by atoms with Gasteiger partial charge in [-0.1, -0.05) is 35.8 Å². The van der Waals surface area contributed by atoms with Crippen LogP contribution in [0, 0.1) is 12.8 Å². The maximum absolute atomic E-state index is 12.2. The van der Waals surface area contributed by atoms with E-state index >= 15 is 0 Å². The molecule has 0 aromatic heterocycles. The number of sulfonamides is 1. The summed E-state index contributed by atoms with van der Waals surface area (Å²) in [7, 11) is -0.573. The van der Waals surface area contributed by atoms with Crippen molar-refractivity contribution in [3.05, 3.63) is 23.8 Å². The summed E-state index contributed by atoms with van der Waals surface area (Å²) in [6.45, 7) is 5.58. The Hall–Kier alpha value is -0.920. The van der Waals surface area contributed by atoms with E-state index in [1.54, 1.807) is 19.1 Å². The van der Waals surface area contributed by atoms with Crippen LogP contribution in [0.25, 0.3) is 0 Å². The summed E-state index contributed by atoms with van der Waals surface area (Å²) < 4.78 is 25.6. The fourth-order valence-electron chi connectivity index (χ4n) is 1.67. The van der Waals surface area contributed by atoms with Crippen LogP contribution in [0.2, 0.25) is 0 Å². The largest absolute Gasteiger partial charge is 0.325 e. The van der Waals surface area contributed by atoms with Crippen molar-refractivity contribution in [1.29, 1.82) is 0 Å². The highest BCUT2D eigenvalue weighted by molar-refractivity contribution is 9.10. The van der Waals surface area contributed by atoms with E-state index in [0.29, 0.717) is 11.3 Å². The molecule has 1 unspecified atom stereocenters. The molecule has 21 heavy (non-hydrogen) atoms. The Morgan fingerprint density at radius 2 is 1.86 bits per heavy atom. The first kappa shape index (κ1) is 18.1. The van der Waals surface area contributed by atoms with Crippen molar-refractivity contribution in [3.63, 3.8) is 0 Å². The zero-order valence-electron chi connectivity index (χ0n) is 12.8. The molecular formula is C14H21BrN2O3S. The van der Waals surface area contributed by atoms with Crippen molar-refractivity contribution >= 4 is 37.5 Å². The van der Waals surface area contributed by atoms with E-state index in [0.717, 1.165) is 4.31 Å². The Bertz CT molecular complexity index is 627. The van der Waals surface area contributed by atoms with Crippen LogP contribution in [0.3, 0.4) is 0 Å². The molecule has 0 aliphatic heterocycles. The summed E-state index contributed by atoms with van der Waals surface area (Å²) in [4.78, 5) is 11.9. The molecule has 1 atom stereocenters. The number of nitrogens with one attached hydrogen (secondary N) is 1. The number of amides is 1. The number of aryl methyl sites for hydroxylation is 1. The number of hydrogen-bond acceptors (Lipinski definition) is 3. The Balaban J connectivity index is 3.12. The van der Waals surface area contributed by atoms with Crippen LogP contribution in [-0.2, 0) is 14.8 Å². The van der Waals surface area contributed by atoms with E-state index in [1.807, 2.05) is 13.8 Å². The molecule has 0 fully saturated rings. The van der Waals surface area contributed by atoms with Crippen molar-refractivity contribution in [2.75, 3.05) is 19.4 Å². The maximum Gasteiger partial charge on any atom is 0.242 e. The molecule has 0 heterocycles. The smallest absolute Gasteiger partial charge is 0.242 e. The van der Waals surface area contributed by atoms with Crippen molar-refractivity contribution in [2.45, 2.75) is 30.5 Å². The molecule has 0 aliphatic carbocycles. The van der Waals surface area contributed by atoms with Gasteiger partial charge in [-0.05, 0) is 30.5 Å². The normalized spacial score (nSPS) is 13.5. The molecule has 0 saturated heterocycles. The minimum atomic E-state index is -3.53. The molecule has 0 aliphatic rings. The average Bonchev–Trinajstić information content (AvgIpc) is 2.39. The number of rotatable bonds is 5. The molecule has 1 aromatic carbocycles. The molecular weight excluding hydrogens is 356 g/mol. The lowest BCUT2D eigenvalue weighted by Crippen LogP contribution is -2.27. The Morgan fingerprint density at radius 3 is 2.33 bits per heavy atom. The van der Waals surface area contributed by atoms with Crippen LogP contribution in [-0.4, -0.2) is 37.6 Å². The third kappa shape index (κ3) is 4.28. The van der Waals surface area contributed by atoms with Gasteiger partial charge in [-0.15, -0.1) is 0 Å². The van der Waals surface area contributed by atoms with E-state index in [2.05, 4.69) is 21.2 Å². The number of halogens is 1. The molecule has 118 valence electrons. The zero-order valence-corrected chi connectivity index (χ0v) is 15.2. The molecule has 0 saturated carbocycles.